The quantitative estimate of drug-likeness (QED) is 0.132. The molecule has 0 radical (unpaired) electrons. The minimum absolute atomic E-state index is 0.466. The van der Waals surface area contributed by atoms with Gasteiger partial charge in [0.2, 0.25) is 0 Å². The van der Waals surface area contributed by atoms with E-state index in [1.807, 2.05) is 0 Å². The fraction of sp³-hybridized carbons (Fsp3) is 0.0118. The van der Waals surface area contributed by atoms with Crippen LogP contribution < -0.4 is 4.90 Å². The van der Waals surface area contributed by atoms with Gasteiger partial charge >= 0.3 is 0 Å². The van der Waals surface area contributed by atoms with Crippen molar-refractivity contribution in [2.45, 2.75) is 5.41 Å². The molecule has 0 fully saturated rings. The number of hydrogen-bond acceptors (Lipinski definition) is 1. The maximum absolute atomic E-state index is 2.52. The highest BCUT2D eigenvalue weighted by molar-refractivity contribution is 6.16. The Morgan fingerprint density at radius 1 is 0.218 bits per heavy atom. The lowest BCUT2D eigenvalue weighted by Gasteiger charge is -2.30. The summed E-state index contributed by atoms with van der Waals surface area (Å²) in [5.74, 6) is 0. The van der Waals surface area contributed by atoms with Gasteiger partial charge in [0.05, 0.1) is 16.4 Å². The maximum Gasteiger partial charge on any atom is 0.0725 e. The van der Waals surface area contributed by atoms with Gasteiger partial charge in [-0.1, -0.05) is 249 Å². The molecule has 15 aromatic rings. The summed E-state index contributed by atoms with van der Waals surface area (Å²) in [7, 11) is 0. The van der Waals surface area contributed by atoms with E-state index < -0.39 is 5.41 Å². The van der Waals surface area contributed by atoms with E-state index in [0.717, 1.165) is 56.1 Å². The summed E-state index contributed by atoms with van der Waals surface area (Å²) >= 11 is 0. The zero-order valence-corrected chi connectivity index (χ0v) is 47.7. The molecule has 0 bridgehead atoms. The molecular formula is C85H56N2. The lowest BCUT2D eigenvalue weighted by molar-refractivity contribution is 0.794. The van der Waals surface area contributed by atoms with Crippen LogP contribution in [-0.2, 0) is 5.41 Å². The topological polar surface area (TPSA) is 8.17 Å². The molecule has 87 heavy (non-hydrogen) atoms. The predicted octanol–water partition coefficient (Wildman–Crippen LogP) is 22.6. The molecule has 0 amide bonds. The van der Waals surface area contributed by atoms with E-state index in [9.17, 15) is 0 Å². The minimum atomic E-state index is -0.466. The van der Waals surface area contributed by atoms with Crippen molar-refractivity contribution in [1.82, 2.24) is 4.57 Å². The number of aromatic nitrogens is 1. The summed E-state index contributed by atoms with van der Waals surface area (Å²) in [6.45, 7) is 0. The monoisotopic (exact) mass is 1100 g/mol. The first-order valence-corrected chi connectivity index (χ1v) is 30.1. The van der Waals surface area contributed by atoms with Gasteiger partial charge in [-0.3, -0.25) is 0 Å². The number of anilines is 3. The zero-order chi connectivity index (χ0) is 57.4. The van der Waals surface area contributed by atoms with Gasteiger partial charge in [0.1, 0.15) is 0 Å². The second-order valence-electron chi connectivity index (χ2n) is 23.1. The van der Waals surface area contributed by atoms with Gasteiger partial charge in [0.15, 0.2) is 0 Å². The van der Waals surface area contributed by atoms with Crippen LogP contribution in [0.2, 0.25) is 0 Å². The molecule has 406 valence electrons. The van der Waals surface area contributed by atoms with Crippen molar-refractivity contribution in [2.24, 2.45) is 0 Å². The Balaban J connectivity index is 0.865. The number of hydrogen-bond donors (Lipinski definition) is 0. The smallest absolute Gasteiger partial charge is 0.0725 e. The molecular weight excluding hydrogens is 1050 g/mol. The van der Waals surface area contributed by atoms with Crippen molar-refractivity contribution < 1.29 is 0 Å². The minimum Gasteiger partial charge on any atom is -0.310 e. The van der Waals surface area contributed by atoms with Gasteiger partial charge in [0, 0.05) is 33.5 Å². The van der Waals surface area contributed by atoms with E-state index in [2.05, 4.69) is 349 Å². The number of benzene rings is 14. The number of nitrogens with zero attached hydrogens (tertiary/aromatic N) is 2. The van der Waals surface area contributed by atoms with E-state index in [1.165, 1.54) is 99.7 Å². The molecule has 1 spiro atoms. The molecule has 0 unspecified atom stereocenters. The summed E-state index contributed by atoms with van der Waals surface area (Å²) in [5.41, 5.74) is 30.8. The fourth-order valence-corrected chi connectivity index (χ4v) is 14.5. The van der Waals surface area contributed by atoms with Crippen molar-refractivity contribution in [2.75, 3.05) is 4.90 Å². The molecule has 2 heteroatoms. The van der Waals surface area contributed by atoms with Crippen LogP contribution >= 0.6 is 0 Å². The highest BCUT2D eigenvalue weighted by Gasteiger charge is 2.51. The molecule has 0 saturated heterocycles. The van der Waals surface area contributed by atoms with Crippen molar-refractivity contribution in [1.29, 1.82) is 0 Å². The summed E-state index contributed by atoms with van der Waals surface area (Å²) < 4.78 is 2.42. The third-order valence-electron chi connectivity index (χ3n) is 18.4. The maximum atomic E-state index is 2.52. The average Bonchev–Trinajstić information content (AvgIpc) is 1.59. The van der Waals surface area contributed by atoms with Crippen LogP contribution in [0.15, 0.2) is 340 Å². The standard InChI is InChI=1S/C85H56N2/c1-5-22-57(23-6-1)60-40-45-69(46-41-60)86(71-54-65(58-24-7-2-8-25-58)51-66(55-71)59-26-9-3-10-27-59)70-47-42-61(43-48-70)63-50-64(53-67(52-63)72-34-21-39-83-84(72)77-33-16-20-38-82(77)87(83)68-28-11-4-12-29-68)62-44-49-76-75-32-15-19-37-80(75)85(81(76)56-62)78-35-17-13-30-73(78)74-31-14-18-36-79(74)85/h1-56H. The van der Waals surface area contributed by atoms with Crippen molar-refractivity contribution >= 4 is 38.9 Å². The Bertz CT molecular complexity index is 5000. The molecule has 17 rings (SSSR count). The first kappa shape index (κ1) is 50.2. The van der Waals surface area contributed by atoms with Crippen LogP contribution in [0.1, 0.15) is 22.3 Å². The molecule has 1 heterocycles. The third-order valence-corrected chi connectivity index (χ3v) is 18.4. The Labute approximate surface area is 507 Å². The SMILES string of the molecule is c1ccc(-c2ccc(N(c3ccc(-c4cc(-c5ccc6c(c5)C5(c7ccccc7-c7ccccc75)c5ccccc5-6)cc(-c5cccc6c5c5ccccc5n6-c5ccccc5)c4)cc3)c3cc(-c4ccccc4)cc(-c4ccccc4)c3)cc2)cc1. The van der Waals surface area contributed by atoms with Crippen molar-refractivity contribution in [3.05, 3.63) is 362 Å². The second-order valence-corrected chi connectivity index (χ2v) is 23.1. The largest absolute Gasteiger partial charge is 0.310 e. The van der Waals surface area contributed by atoms with Crippen LogP contribution in [0.4, 0.5) is 17.1 Å². The first-order valence-electron chi connectivity index (χ1n) is 30.1. The van der Waals surface area contributed by atoms with E-state index in [0.29, 0.717) is 0 Å². The van der Waals surface area contributed by atoms with Crippen LogP contribution in [0.3, 0.4) is 0 Å². The summed E-state index contributed by atoms with van der Waals surface area (Å²) in [6, 6.07) is 126. The van der Waals surface area contributed by atoms with Gasteiger partial charge in [-0.15, -0.1) is 0 Å². The Hall–Kier alpha value is -11.3. The molecule has 0 N–H and O–H groups in total. The highest BCUT2D eigenvalue weighted by Crippen LogP contribution is 2.63. The van der Waals surface area contributed by atoms with E-state index in [-0.39, 0.29) is 0 Å². The molecule has 0 atom stereocenters. The Kier molecular flexibility index (Phi) is 11.8. The van der Waals surface area contributed by atoms with Gasteiger partial charge in [0.25, 0.3) is 0 Å². The summed E-state index contributed by atoms with van der Waals surface area (Å²) in [6.07, 6.45) is 0. The van der Waals surface area contributed by atoms with Crippen LogP contribution in [0.25, 0.3) is 117 Å². The van der Waals surface area contributed by atoms with E-state index in [1.54, 1.807) is 0 Å². The average molecular weight is 1110 g/mol. The highest BCUT2D eigenvalue weighted by atomic mass is 15.1. The molecule has 2 aliphatic rings. The predicted molar refractivity (Wildman–Crippen MR) is 364 cm³/mol. The second kappa shape index (κ2) is 20.5. The number of para-hydroxylation sites is 2. The molecule has 2 aliphatic carbocycles. The lowest BCUT2D eigenvalue weighted by atomic mass is 9.70. The van der Waals surface area contributed by atoms with Gasteiger partial charge in [-0.25, -0.2) is 0 Å². The Morgan fingerprint density at radius 3 is 1.15 bits per heavy atom. The zero-order valence-electron chi connectivity index (χ0n) is 47.7. The van der Waals surface area contributed by atoms with E-state index >= 15 is 0 Å². The van der Waals surface area contributed by atoms with Crippen LogP contribution in [0.5, 0.6) is 0 Å². The van der Waals surface area contributed by atoms with E-state index in [4.69, 9.17) is 0 Å². The fourth-order valence-electron chi connectivity index (χ4n) is 14.5. The van der Waals surface area contributed by atoms with Crippen LogP contribution in [-0.4, -0.2) is 4.57 Å². The molecule has 0 aliphatic heterocycles. The molecule has 2 nitrogen and oxygen atoms in total. The number of fused-ring (bicyclic) bond motifs is 13. The normalized spacial score (nSPS) is 12.5. The lowest BCUT2D eigenvalue weighted by Crippen LogP contribution is -2.25. The molecule has 14 aromatic carbocycles. The molecule has 0 saturated carbocycles. The van der Waals surface area contributed by atoms with Crippen LogP contribution in [0, 0.1) is 0 Å². The third kappa shape index (κ3) is 8.17. The van der Waals surface area contributed by atoms with Gasteiger partial charge in [-0.2, -0.15) is 0 Å². The summed E-state index contributed by atoms with van der Waals surface area (Å²) in [4.78, 5) is 2.42. The first-order chi connectivity index (χ1) is 43.1. The summed E-state index contributed by atoms with van der Waals surface area (Å²) in [5, 5.41) is 2.46. The Morgan fingerprint density at radius 2 is 0.598 bits per heavy atom. The number of rotatable bonds is 10. The van der Waals surface area contributed by atoms with Gasteiger partial charge < -0.3 is 9.47 Å². The van der Waals surface area contributed by atoms with Crippen molar-refractivity contribution in [3.63, 3.8) is 0 Å². The van der Waals surface area contributed by atoms with Crippen molar-refractivity contribution in [3.8, 4) is 94.7 Å². The van der Waals surface area contributed by atoms with Gasteiger partial charge in [-0.05, 0) is 202 Å². The molecule has 1 aromatic heterocycles.